The SMILES string of the molecule is CNC(=O)Nc1ccc(S(=O)(=O)C2(C(N)=O)C=CC=CC2OC)cc1. The number of nitrogens with one attached hydrogen (secondary N) is 2. The van der Waals surface area contributed by atoms with E-state index in [-0.39, 0.29) is 4.90 Å². The number of rotatable bonds is 5. The number of benzene rings is 1. The van der Waals surface area contributed by atoms with Crippen LogP contribution in [0.25, 0.3) is 0 Å². The minimum Gasteiger partial charge on any atom is -0.375 e. The molecule has 1 aliphatic rings. The van der Waals surface area contributed by atoms with Gasteiger partial charge in [-0.3, -0.25) is 4.79 Å². The molecule has 0 saturated heterocycles. The van der Waals surface area contributed by atoms with Gasteiger partial charge in [-0.25, -0.2) is 13.2 Å². The molecular formula is C16H19N3O5S. The third-order valence-corrected chi connectivity index (χ3v) is 6.25. The normalized spacial score (nSPS) is 22.4. The molecule has 1 aliphatic carbocycles. The van der Waals surface area contributed by atoms with Crippen LogP contribution in [0.4, 0.5) is 10.5 Å². The van der Waals surface area contributed by atoms with Gasteiger partial charge in [-0.15, -0.1) is 0 Å². The first-order valence-electron chi connectivity index (χ1n) is 7.31. The highest BCUT2D eigenvalue weighted by Crippen LogP contribution is 2.35. The highest BCUT2D eigenvalue weighted by atomic mass is 32.2. The van der Waals surface area contributed by atoms with Crippen LogP contribution < -0.4 is 16.4 Å². The van der Waals surface area contributed by atoms with Crippen LogP contribution in [0.1, 0.15) is 0 Å². The standard InChI is InChI=1S/C16H19N3O5S/c1-18-15(21)19-11-6-8-12(9-7-11)25(22,23)16(14(17)20)10-4-3-5-13(16)24-2/h3-10,13H,1-2H3,(H2,17,20)(H2,18,19,21). The quantitative estimate of drug-likeness (QED) is 0.703. The number of carbonyl (C=O) groups is 2. The molecule has 8 nitrogen and oxygen atoms in total. The lowest BCUT2D eigenvalue weighted by atomic mass is 9.95. The first-order valence-corrected chi connectivity index (χ1v) is 8.80. The Morgan fingerprint density at radius 2 is 1.84 bits per heavy atom. The van der Waals surface area contributed by atoms with E-state index in [0.717, 1.165) is 0 Å². The lowest BCUT2D eigenvalue weighted by Gasteiger charge is -2.34. The van der Waals surface area contributed by atoms with Crippen LogP contribution in [0.5, 0.6) is 0 Å². The van der Waals surface area contributed by atoms with Gasteiger partial charge in [0.15, 0.2) is 9.84 Å². The Morgan fingerprint density at radius 1 is 1.20 bits per heavy atom. The molecule has 134 valence electrons. The monoisotopic (exact) mass is 365 g/mol. The number of methoxy groups -OCH3 is 1. The van der Waals surface area contributed by atoms with Crippen LogP contribution in [-0.2, 0) is 19.4 Å². The van der Waals surface area contributed by atoms with Crippen molar-refractivity contribution in [1.29, 1.82) is 0 Å². The van der Waals surface area contributed by atoms with E-state index in [2.05, 4.69) is 10.6 Å². The van der Waals surface area contributed by atoms with Gasteiger partial charge in [0.1, 0.15) is 6.10 Å². The third kappa shape index (κ3) is 3.15. The van der Waals surface area contributed by atoms with E-state index in [0.29, 0.717) is 5.69 Å². The Kier molecular flexibility index (Phi) is 5.29. The van der Waals surface area contributed by atoms with Gasteiger partial charge in [0.05, 0.1) is 4.90 Å². The van der Waals surface area contributed by atoms with E-state index in [9.17, 15) is 18.0 Å². The summed E-state index contributed by atoms with van der Waals surface area (Å²) in [6.07, 6.45) is 4.67. The van der Waals surface area contributed by atoms with E-state index in [4.69, 9.17) is 10.5 Å². The average Bonchev–Trinajstić information content (AvgIpc) is 2.61. The second-order valence-corrected chi connectivity index (χ2v) is 7.44. The Bertz CT molecular complexity index is 830. The van der Waals surface area contributed by atoms with Crippen LogP contribution in [0.15, 0.2) is 53.5 Å². The van der Waals surface area contributed by atoms with Crippen LogP contribution in [0.2, 0.25) is 0 Å². The zero-order valence-corrected chi connectivity index (χ0v) is 14.5. The molecule has 25 heavy (non-hydrogen) atoms. The Hall–Kier alpha value is -2.65. The molecule has 0 aromatic heterocycles. The van der Waals surface area contributed by atoms with Crippen LogP contribution in [0, 0.1) is 0 Å². The summed E-state index contributed by atoms with van der Waals surface area (Å²) in [4.78, 5) is 23.3. The van der Waals surface area contributed by atoms with Gasteiger partial charge >= 0.3 is 6.03 Å². The smallest absolute Gasteiger partial charge is 0.318 e. The minimum absolute atomic E-state index is 0.115. The molecule has 4 N–H and O–H groups in total. The maximum Gasteiger partial charge on any atom is 0.318 e. The lowest BCUT2D eigenvalue weighted by molar-refractivity contribution is -0.121. The summed E-state index contributed by atoms with van der Waals surface area (Å²) in [5, 5.41) is 4.90. The van der Waals surface area contributed by atoms with Crippen molar-refractivity contribution in [2.24, 2.45) is 5.73 Å². The average molecular weight is 365 g/mol. The fraction of sp³-hybridized carbons (Fsp3) is 0.250. The summed E-state index contributed by atoms with van der Waals surface area (Å²) < 4.78 is 29.4. The molecule has 0 saturated carbocycles. The molecular weight excluding hydrogens is 346 g/mol. The van der Waals surface area contributed by atoms with Crippen LogP contribution in [0.3, 0.4) is 0 Å². The maximum atomic E-state index is 13.1. The number of allylic oxidation sites excluding steroid dienone is 2. The van der Waals surface area contributed by atoms with E-state index in [1.54, 1.807) is 6.08 Å². The maximum absolute atomic E-state index is 13.1. The minimum atomic E-state index is -4.20. The highest BCUT2D eigenvalue weighted by molar-refractivity contribution is 7.94. The number of hydrogen-bond acceptors (Lipinski definition) is 5. The van der Waals surface area contributed by atoms with Crippen molar-refractivity contribution >= 4 is 27.5 Å². The molecule has 9 heteroatoms. The second kappa shape index (κ2) is 7.08. The van der Waals surface area contributed by atoms with E-state index in [1.807, 2.05) is 0 Å². The van der Waals surface area contributed by atoms with Crippen molar-refractivity contribution in [3.8, 4) is 0 Å². The van der Waals surface area contributed by atoms with Gasteiger partial charge < -0.3 is 21.1 Å². The Balaban J connectivity index is 2.48. The number of urea groups is 1. The number of primary amides is 1. The van der Waals surface area contributed by atoms with Gasteiger partial charge in [0.2, 0.25) is 10.7 Å². The van der Waals surface area contributed by atoms with Gasteiger partial charge in [-0.1, -0.05) is 24.3 Å². The number of sulfone groups is 1. The summed E-state index contributed by atoms with van der Waals surface area (Å²) in [6, 6.07) is 4.99. The van der Waals surface area contributed by atoms with Gasteiger partial charge in [-0.05, 0) is 24.3 Å². The number of ether oxygens (including phenoxy) is 1. The van der Waals surface area contributed by atoms with E-state index >= 15 is 0 Å². The number of nitrogens with two attached hydrogens (primary N) is 1. The van der Waals surface area contributed by atoms with Crippen molar-refractivity contribution in [2.75, 3.05) is 19.5 Å². The summed E-state index contributed by atoms with van der Waals surface area (Å²) in [5.41, 5.74) is 5.85. The van der Waals surface area contributed by atoms with Gasteiger partial charge in [-0.2, -0.15) is 0 Å². The zero-order chi connectivity index (χ0) is 18.7. The molecule has 2 unspecified atom stereocenters. The molecule has 1 aromatic rings. The summed E-state index contributed by atoms with van der Waals surface area (Å²) in [7, 11) is -1.44. The van der Waals surface area contributed by atoms with Gasteiger partial charge in [0, 0.05) is 19.8 Å². The first kappa shape index (κ1) is 18.7. The third-order valence-electron chi connectivity index (χ3n) is 3.90. The number of amides is 3. The fourth-order valence-electron chi connectivity index (χ4n) is 2.56. The molecule has 1 aromatic carbocycles. The van der Waals surface area contributed by atoms with Crippen molar-refractivity contribution in [3.05, 3.63) is 48.6 Å². The lowest BCUT2D eigenvalue weighted by Crippen LogP contribution is -2.57. The largest absolute Gasteiger partial charge is 0.375 e. The number of carbonyl (C=O) groups excluding carboxylic acids is 2. The Morgan fingerprint density at radius 3 is 2.36 bits per heavy atom. The summed E-state index contributed by atoms with van der Waals surface area (Å²) in [5.74, 6) is -1.03. The second-order valence-electron chi connectivity index (χ2n) is 5.29. The number of hydrogen-bond donors (Lipinski definition) is 3. The van der Waals surface area contributed by atoms with Crippen molar-refractivity contribution in [1.82, 2.24) is 5.32 Å². The van der Waals surface area contributed by atoms with Crippen LogP contribution >= 0.6 is 0 Å². The molecule has 0 radical (unpaired) electrons. The molecule has 0 aliphatic heterocycles. The molecule has 0 heterocycles. The molecule has 2 rings (SSSR count). The molecule has 0 spiro atoms. The van der Waals surface area contributed by atoms with Crippen molar-refractivity contribution in [3.63, 3.8) is 0 Å². The van der Waals surface area contributed by atoms with Crippen molar-refractivity contribution < 1.29 is 22.7 Å². The van der Waals surface area contributed by atoms with E-state index < -0.39 is 32.6 Å². The molecule has 0 fully saturated rings. The number of anilines is 1. The Labute approximate surface area is 145 Å². The predicted octanol–water partition coefficient (Wildman–Crippen LogP) is 0.577. The fourth-order valence-corrected chi connectivity index (χ4v) is 4.45. The molecule has 0 bridgehead atoms. The van der Waals surface area contributed by atoms with Crippen LogP contribution in [-0.4, -0.2) is 45.4 Å². The topological polar surface area (TPSA) is 128 Å². The van der Waals surface area contributed by atoms with E-state index in [1.165, 1.54) is 56.7 Å². The van der Waals surface area contributed by atoms with Gasteiger partial charge in [0.25, 0.3) is 0 Å². The summed E-state index contributed by atoms with van der Waals surface area (Å²) >= 11 is 0. The highest BCUT2D eigenvalue weighted by Gasteiger charge is 2.54. The summed E-state index contributed by atoms with van der Waals surface area (Å²) in [6.45, 7) is 0. The predicted molar refractivity (Wildman–Crippen MR) is 92.7 cm³/mol. The zero-order valence-electron chi connectivity index (χ0n) is 13.7. The molecule has 2 atom stereocenters. The first-order chi connectivity index (χ1) is 11.8. The molecule has 3 amide bonds. The van der Waals surface area contributed by atoms with Crippen molar-refractivity contribution in [2.45, 2.75) is 15.7 Å².